The van der Waals surface area contributed by atoms with Crippen LogP contribution < -0.4 is 30.2 Å². The van der Waals surface area contributed by atoms with Crippen molar-refractivity contribution < 1.29 is 34.6 Å². The first-order chi connectivity index (χ1) is 45.4. The third-order valence-corrected chi connectivity index (χ3v) is 15.3. The molecule has 18 nitrogen and oxygen atoms in total. The van der Waals surface area contributed by atoms with Crippen LogP contribution in [0.3, 0.4) is 0 Å². The average Bonchev–Trinajstić information content (AvgIpc) is 1.64. The summed E-state index contributed by atoms with van der Waals surface area (Å²) in [6.07, 6.45) is 5.34. The van der Waals surface area contributed by atoms with E-state index >= 15 is 0 Å². The van der Waals surface area contributed by atoms with E-state index in [4.69, 9.17) is 54.4 Å². The topological polar surface area (TPSA) is 194 Å². The molecule has 9 aromatic rings. The van der Waals surface area contributed by atoms with Gasteiger partial charge in [0.15, 0.2) is 0 Å². The van der Waals surface area contributed by atoms with Crippen molar-refractivity contribution in [2.75, 3.05) is 19.6 Å². The Bertz CT molecular complexity index is 4340. The van der Waals surface area contributed by atoms with Crippen molar-refractivity contribution in [2.24, 2.45) is 0 Å². The first-order valence-corrected chi connectivity index (χ1v) is 30.7. The summed E-state index contributed by atoms with van der Waals surface area (Å²) in [5.74, 6) is 3.75. The SMILES string of the molecule is [2H]C(C)(C)Oc1ccc(-c2nc(-c3cccc4c3CC[C@@H]4NCCC)no2)cc1[N+]#[C-].[2H]C(C)(C)Oc1ccc(-c2nc(-c3cccc4c3CC[C@]4([2H])NCCC)no2)cc1[N+]#[C-].[2H]C([2H])(CC)N[C@H]1CCc2c(-c3noc(-c4ccc(OC(C)C)c([N+]#[C-])c4)n3)cccc21. The molecule has 0 saturated heterocycles. The van der Waals surface area contributed by atoms with E-state index in [0.717, 1.165) is 97.0 Å². The molecular formula is C72H78N12O6. The van der Waals surface area contributed by atoms with Gasteiger partial charge in [-0.1, -0.05) is 90.8 Å². The van der Waals surface area contributed by atoms with Gasteiger partial charge in [-0.05, 0) is 207 Å². The van der Waals surface area contributed by atoms with Gasteiger partial charge in [0.2, 0.25) is 34.5 Å². The van der Waals surface area contributed by atoms with Gasteiger partial charge in [0.1, 0.15) is 17.2 Å². The van der Waals surface area contributed by atoms with Crippen LogP contribution in [0.25, 0.3) is 83.1 Å². The molecule has 3 atom stereocenters. The maximum absolute atomic E-state index is 8.86. The number of aromatic nitrogens is 6. The Balaban J connectivity index is 0.000000155. The minimum absolute atomic E-state index is 0.0255. The van der Waals surface area contributed by atoms with Crippen LogP contribution in [0.5, 0.6) is 17.2 Å². The first-order valence-electron chi connectivity index (χ1n) is 33.2. The number of ether oxygens (including phenoxy) is 3. The third-order valence-electron chi connectivity index (χ3n) is 15.3. The summed E-state index contributed by atoms with van der Waals surface area (Å²) < 4.78 is 74.2. The van der Waals surface area contributed by atoms with Crippen LogP contribution in [0.2, 0.25) is 0 Å². The number of hydrogen-bond acceptors (Lipinski definition) is 15. The number of benzene rings is 6. The zero-order valence-corrected chi connectivity index (χ0v) is 52.4. The van der Waals surface area contributed by atoms with Crippen LogP contribution >= 0.6 is 0 Å². The van der Waals surface area contributed by atoms with Gasteiger partial charge in [0.25, 0.3) is 17.7 Å². The van der Waals surface area contributed by atoms with Crippen molar-refractivity contribution in [3.05, 3.63) is 177 Å². The largest absolute Gasteiger partial charge is 0.502 e. The van der Waals surface area contributed by atoms with E-state index in [1.807, 2.05) is 75.4 Å². The highest BCUT2D eigenvalue weighted by Crippen LogP contribution is 2.42. The lowest BCUT2D eigenvalue weighted by molar-refractivity contribution is 0.244. The Kier molecular flexibility index (Phi) is 18.8. The number of rotatable bonds is 21. The second-order valence-electron chi connectivity index (χ2n) is 22.6. The highest BCUT2D eigenvalue weighted by Gasteiger charge is 2.30. The van der Waals surface area contributed by atoms with Crippen LogP contribution in [0.15, 0.2) is 123 Å². The Labute approximate surface area is 534 Å². The molecule has 462 valence electrons. The summed E-state index contributed by atoms with van der Waals surface area (Å²) in [6, 6.07) is 33.0. The number of fused-ring (bicyclic) bond motifs is 3. The molecule has 3 aromatic heterocycles. The van der Waals surface area contributed by atoms with Crippen LogP contribution in [0.1, 0.15) is 159 Å². The first kappa shape index (κ1) is 57.0. The molecule has 6 aromatic carbocycles. The van der Waals surface area contributed by atoms with Crippen molar-refractivity contribution in [3.8, 4) is 85.8 Å². The molecule has 3 aliphatic carbocycles. The molecule has 3 heterocycles. The second kappa shape index (κ2) is 29.7. The molecule has 0 radical (unpaired) electrons. The normalized spacial score (nSPS) is 17.3. The Hall–Kier alpha value is -9.51. The summed E-state index contributed by atoms with van der Waals surface area (Å²) in [5.41, 5.74) is 12.5. The van der Waals surface area contributed by atoms with Gasteiger partial charge < -0.3 is 43.7 Å². The maximum Gasteiger partial charge on any atom is 0.256 e. The van der Waals surface area contributed by atoms with E-state index in [1.165, 1.54) is 11.1 Å². The van der Waals surface area contributed by atoms with Crippen LogP contribution in [-0.2, 0) is 19.3 Å². The lowest BCUT2D eigenvalue weighted by Crippen LogP contribution is -2.19. The molecule has 18 heteroatoms. The van der Waals surface area contributed by atoms with Crippen molar-refractivity contribution in [1.29, 1.82) is 0 Å². The molecule has 0 fully saturated rings. The fourth-order valence-electron chi connectivity index (χ4n) is 11.4. The lowest BCUT2D eigenvalue weighted by atomic mass is 10.0. The minimum Gasteiger partial charge on any atom is -0.502 e. The monoisotopic (exact) mass is 1210 g/mol. The van der Waals surface area contributed by atoms with Crippen molar-refractivity contribution in [3.63, 3.8) is 0 Å². The van der Waals surface area contributed by atoms with E-state index in [-0.39, 0.29) is 17.8 Å². The van der Waals surface area contributed by atoms with E-state index in [1.54, 1.807) is 76.2 Å². The van der Waals surface area contributed by atoms with Gasteiger partial charge in [-0.15, -0.1) is 0 Å². The zero-order chi connectivity index (χ0) is 67.8. The average molecular weight is 1210 g/mol. The van der Waals surface area contributed by atoms with Gasteiger partial charge >= 0.3 is 0 Å². The highest BCUT2D eigenvalue weighted by atomic mass is 16.5. The van der Waals surface area contributed by atoms with Crippen molar-refractivity contribution in [2.45, 2.75) is 156 Å². The number of nitrogens with zero attached hydrogens (tertiary/aromatic N) is 9. The van der Waals surface area contributed by atoms with Crippen LogP contribution in [-0.4, -0.2) is 68.3 Å². The van der Waals surface area contributed by atoms with Crippen molar-refractivity contribution in [1.82, 2.24) is 46.4 Å². The Morgan fingerprint density at radius 2 is 0.900 bits per heavy atom. The molecule has 0 amide bonds. The summed E-state index contributed by atoms with van der Waals surface area (Å²) >= 11 is 0. The third kappa shape index (κ3) is 14.6. The molecule has 0 spiro atoms. The fraction of sp³-hybridized carbons (Fsp3) is 0.375. The molecule has 12 rings (SSSR count). The van der Waals surface area contributed by atoms with Gasteiger partial charge in [0.05, 0.1) is 42.1 Å². The second-order valence-corrected chi connectivity index (χ2v) is 22.6. The highest BCUT2D eigenvalue weighted by molar-refractivity contribution is 5.74. The number of hydrogen-bond donors (Lipinski definition) is 3. The van der Waals surface area contributed by atoms with E-state index < -0.39 is 24.7 Å². The summed E-state index contributed by atoms with van der Waals surface area (Å²) in [4.78, 5) is 24.4. The number of nitrogens with one attached hydrogen (secondary N) is 3. The van der Waals surface area contributed by atoms with E-state index in [0.29, 0.717) is 99.3 Å². The molecular weight excluding hydrogens is 1130 g/mol. The molecule has 0 aliphatic heterocycles. The fourth-order valence-corrected chi connectivity index (χ4v) is 11.4. The summed E-state index contributed by atoms with van der Waals surface area (Å²) in [5, 5.41) is 22.7. The van der Waals surface area contributed by atoms with Gasteiger partial charge in [-0.25, -0.2) is 14.5 Å². The quantitative estimate of drug-likeness (QED) is 0.0575. The smallest absolute Gasteiger partial charge is 0.256 e. The molecule has 0 saturated carbocycles. The molecule has 3 N–H and O–H groups in total. The lowest BCUT2D eigenvalue weighted by Gasteiger charge is -2.13. The molecule has 3 aliphatic rings. The van der Waals surface area contributed by atoms with Crippen LogP contribution in [0.4, 0.5) is 17.1 Å². The van der Waals surface area contributed by atoms with E-state index in [9.17, 15) is 0 Å². The predicted molar refractivity (Wildman–Crippen MR) is 350 cm³/mol. The maximum atomic E-state index is 8.86. The zero-order valence-electron chi connectivity index (χ0n) is 57.4. The molecule has 0 bridgehead atoms. The summed E-state index contributed by atoms with van der Waals surface area (Å²) in [7, 11) is 0. The van der Waals surface area contributed by atoms with Crippen molar-refractivity contribution >= 4 is 17.1 Å². The van der Waals surface area contributed by atoms with Crippen LogP contribution in [0, 0.1) is 19.7 Å². The van der Waals surface area contributed by atoms with Gasteiger partial charge in [0, 0.05) is 54.2 Å². The summed E-state index contributed by atoms with van der Waals surface area (Å²) in [6.45, 7) is 39.1. The molecule has 90 heavy (non-hydrogen) atoms. The standard InChI is InChI=1S/3C24H26N4O2/c3*1-5-13-26-20-11-10-17-18(20)7-6-8-19(17)23-27-24(30-28-23)16-9-12-22(29-15(2)3)21(14-16)25-4/h3*6-9,12,14-15,20,26H,5,10-11,13H2,1-3H3/t3*20-/m000/s1/i15D,20D;15D;13D2. The Morgan fingerprint density at radius 1 is 0.511 bits per heavy atom. The Morgan fingerprint density at radius 3 is 1.30 bits per heavy atom. The predicted octanol–water partition coefficient (Wildman–Crippen LogP) is 17.2. The molecule has 0 unspecified atom stereocenters. The minimum atomic E-state index is -1.41. The van der Waals surface area contributed by atoms with E-state index in [2.05, 4.69) is 80.8 Å². The van der Waals surface area contributed by atoms with Gasteiger partial charge in [-0.2, -0.15) is 15.0 Å². The van der Waals surface area contributed by atoms with Gasteiger partial charge in [-0.3, -0.25) is 0 Å².